The molecule has 144 valence electrons. The summed E-state index contributed by atoms with van der Waals surface area (Å²) in [5, 5.41) is 3.43. The molecule has 0 atom stereocenters. The summed E-state index contributed by atoms with van der Waals surface area (Å²) in [5.74, 6) is -0.991. The van der Waals surface area contributed by atoms with Gasteiger partial charge < -0.3 is 19.5 Å². The highest BCUT2D eigenvalue weighted by molar-refractivity contribution is 6.14. The summed E-state index contributed by atoms with van der Waals surface area (Å²) in [5.41, 5.74) is 1.16. The highest BCUT2D eigenvalue weighted by Crippen LogP contribution is 2.32. The normalized spacial score (nSPS) is 15.0. The molecule has 1 saturated heterocycles. The van der Waals surface area contributed by atoms with Crippen molar-refractivity contribution in [1.29, 1.82) is 0 Å². The SMILES string of the molecule is CN1CCN(C(=O)c2oc3ccccc3c2NC(=O)c2ccc(F)cc2)CC1. The van der Waals surface area contributed by atoms with Gasteiger partial charge in [0.25, 0.3) is 11.8 Å². The van der Waals surface area contributed by atoms with Crippen LogP contribution in [-0.4, -0.2) is 54.8 Å². The number of furan rings is 1. The van der Waals surface area contributed by atoms with Gasteiger partial charge in [0, 0.05) is 37.1 Å². The fraction of sp³-hybridized carbons (Fsp3) is 0.238. The third-order valence-corrected chi connectivity index (χ3v) is 4.93. The highest BCUT2D eigenvalue weighted by atomic mass is 19.1. The van der Waals surface area contributed by atoms with Crippen molar-refractivity contribution in [1.82, 2.24) is 9.80 Å². The van der Waals surface area contributed by atoms with E-state index in [1.165, 1.54) is 24.3 Å². The van der Waals surface area contributed by atoms with Crippen LogP contribution in [0.5, 0.6) is 0 Å². The molecule has 7 heteroatoms. The van der Waals surface area contributed by atoms with E-state index in [4.69, 9.17) is 4.42 Å². The summed E-state index contributed by atoms with van der Waals surface area (Å²) in [6.07, 6.45) is 0. The largest absolute Gasteiger partial charge is 0.449 e. The van der Waals surface area contributed by atoms with Gasteiger partial charge in [-0.1, -0.05) is 12.1 Å². The van der Waals surface area contributed by atoms with Crippen LogP contribution in [0.15, 0.2) is 52.9 Å². The quantitative estimate of drug-likeness (QED) is 0.757. The molecular formula is C21H20FN3O3. The molecule has 3 aromatic rings. The smallest absolute Gasteiger partial charge is 0.291 e. The number of fused-ring (bicyclic) bond motifs is 1. The Morgan fingerprint density at radius 3 is 2.39 bits per heavy atom. The van der Waals surface area contributed by atoms with E-state index in [1.807, 2.05) is 19.2 Å². The third kappa shape index (κ3) is 3.48. The van der Waals surface area contributed by atoms with Crippen LogP contribution in [0.2, 0.25) is 0 Å². The Hall–Kier alpha value is -3.19. The number of amides is 2. The average molecular weight is 381 g/mol. The van der Waals surface area contributed by atoms with Gasteiger partial charge in [0.2, 0.25) is 5.76 Å². The van der Waals surface area contributed by atoms with Crippen molar-refractivity contribution in [3.63, 3.8) is 0 Å². The molecule has 1 N–H and O–H groups in total. The lowest BCUT2D eigenvalue weighted by Gasteiger charge is -2.32. The molecule has 0 radical (unpaired) electrons. The standard InChI is InChI=1S/C21H20FN3O3/c1-24-10-12-25(13-11-24)21(27)19-18(16-4-2-3-5-17(16)28-19)23-20(26)14-6-8-15(22)9-7-14/h2-9H,10-13H2,1H3,(H,23,26). The molecule has 2 aromatic carbocycles. The minimum atomic E-state index is -0.431. The number of hydrogen-bond donors (Lipinski definition) is 1. The topological polar surface area (TPSA) is 65.8 Å². The molecule has 4 rings (SSSR count). The number of piperazine rings is 1. The minimum absolute atomic E-state index is 0.112. The van der Waals surface area contributed by atoms with Crippen molar-refractivity contribution in [3.05, 3.63) is 65.7 Å². The first-order chi connectivity index (χ1) is 13.5. The number of nitrogens with one attached hydrogen (secondary N) is 1. The van der Waals surface area contributed by atoms with Crippen LogP contribution < -0.4 is 5.32 Å². The maximum Gasteiger partial charge on any atom is 0.291 e. The van der Waals surface area contributed by atoms with Gasteiger partial charge in [-0.2, -0.15) is 0 Å². The van der Waals surface area contributed by atoms with Crippen LogP contribution in [0.3, 0.4) is 0 Å². The fourth-order valence-electron chi connectivity index (χ4n) is 3.26. The number of hydrogen-bond acceptors (Lipinski definition) is 4. The van der Waals surface area contributed by atoms with Gasteiger partial charge in [-0.05, 0) is 43.4 Å². The Morgan fingerprint density at radius 1 is 1.00 bits per heavy atom. The molecule has 0 bridgehead atoms. The number of benzene rings is 2. The molecule has 1 aliphatic heterocycles. The first kappa shape index (κ1) is 18.2. The number of nitrogens with zero attached hydrogens (tertiary/aromatic N) is 2. The predicted molar refractivity (Wildman–Crippen MR) is 104 cm³/mol. The van der Waals surface area contributed by atoms with Crippen LogP contribution >= 0.6 is 0 Å². The van der Waals surface area contributed by atoms with Gasteiger partial charge in [-0.3, -0.25) is 9.59 Å². The van der Waals surface area contributed by atoms with E-state index in [-0.39, 0.29) is 11.7 Å². The van der Waals surface area contributed by atoms with Crippen LogP contribution in [0, 0.1) is 5.82 Å². The lowest BCUT2D eigenvalue weighted by Crippen LogP contribution is -2.47. The lowest BCUT2D eigenvalue weighted by atomic mass is 10.1. The predicted octanol–water partition coefficient (Wildman–Crippen LogP) is 3.21. The molecule has 0 aliphatic carbocycles. The van der Waals surface area contributed by atoms with Gasteiger partial charge in [-0.25, -0.2) is 4.39 Å². The summed E-state index contributed by atoms with van der Waals surface area (Å²) < 4.78 is 19.0. The van der Waals surface area contributed by atoms with Gasteiger partial charge in [0.1, 0.15) is 17.1 Å². The Labute approximate surface area is 161 Å². The molecule has 1 aliphatic rings. The third-order valence-electron chi connectivity index (χ3n) is 4.93. The maximum absolute atomic E-state index is 13.1. The van der Waals surface area contributed by atoms with Crippen LogP contribution in [0.1, 0.15) is 20.9 Å². The number of carbonyl (C=O) groups is 2. The number of halogens is 1. The van der Waals surface area contributed by atoms with E-state index >= 15 is 0 Å². The zero-order chi connectivity index (χ0) is 19.7. The van der Waals surface area contributed by atoms with E-state index in [2.05, 4.69) is 10.2 Å². The maximum atomic E-state index is 13.1. The number of rotatable bonds is 3. The van der Waals surface area contributed by atoms with E-state index in [9.17, 15) is 14.0 Å². The van der Waals surface area contributed by atoms with Gasteiger partial charge in [0.05, 0.1) is 0 Å². The molecular weight excluding hydrogens is 361 g/mol. The molecule has 1 fully saturated rings. The second kappa shape index (κ2) is 7.44. The Kier molecular flexibility index (Phi) is 4.83. The van der Waals surface area contributed by atoms with Gasteiger partial charge in [0.15, 0.2) is 0 Å². The molecule has 2 heterocycles. The van der Waals surface area contributed by atoms with Crippen molar-refractivity contribution >= 4 is 28.5 Å². The first-order valence-corrected chi connectivity index (χ1v) is 9.09. The molecule has 1 aromatic heterocycles. The monoisotopic (exact) mass is 381 g/mol. The highest BCUT2D eigenvalue weighted by Gasteiger charge is 2.28. The Morgan fingerprint density at radius 2 is 1.68 bits per heavy atom. The Bertz CT molecular complexity index is 1020. The van der Waals surface area contributed by atoms with Gasteiger partial charge in [-0.15, -0.1) is 0 Å². The van der Waals surface area contributed by atoms with Crippen LogP contribution in [0.25, 0.3) is 11.0 Å². The van der Waals surface area contributed by atoms with E-state index in [1.54, 1.807) is 17.0 Å². The lowest BCUT2D eigenvalue weighted by molar-refractivity contribution is 0.0636. The second-order valence-electron chi connectivity index (χ2n) is 6.86. The second-order valence-corrected chi connectivity index (χ2v) is 6.86. The number of anilines is 1. The van der Waals surface area contributed by atoms with Crippen molar-refractivity contribution in [2.24, 2.45) is 0 Å². The Balaban J connectivity index is 1.68. The molecule has 6 nitrogen and oxygen atoms in total. The molecule has 2 amide bonds. The molecule has 28 heavy (non-hydrogen) atoms. The van der Waals surface area contributed by atoms with E-state index < -0.39 is 11.7 Å². The first-order valence-electron chi connectivity index (χ1n) is 9.09. The number of likely N-dealkylation sites (N-methyl/N-ethyl adjacent to an activating group) is 1. The fourth-order valence-corrected chi connectivity index (χ4v) is 3.26. The van der Waals surface area contributed by atoms with E-state index in [0.717, 1.165) is 13.1 Å². The van der Waals surface area contributed by atoms with Crippen molar-refractivity contribution < 1.29 is 18.4 Å². The van der Waals surface area contributed by atoms with Crippen LogP contribution in [0.4, 0.5) is 10.1 Å². The van der Waals surface area contributed by atoms with Crippen LogP contribution in [-0.2, 0) is 0 Å². The molecule has 0 saturated carbocycles. The number of para-hydroxylation sites is 1. The summed E-state index contributed by atoms with van der Waals surface area (Å²) >= 11 is 0. The summed E-state index contributed by atoms with van der Waals surface area (Å²) in [7, 11) is 2.01. The van der Waals surface area contributed by atoms with Crippen molar-refractivity contribution in [3.8, 4) is 0 Å². The average Bonchev–Trinajstić information content (AvgIpc) is 3.07. The van der Waals surface area contributed by atoms with E-state index in [0.29, 0.717) is 35.3 Å². The molecule has 0 unspecified atom stereocenters. The minimum Gasteiger partial charge on any atom is -0.449 e. The van der Waals surface area contributed by atoms with Gasteiger partial charge >= 0.3 is 0 Å². The van der Waals surface area contributed by atoms with Crippen molar-refractivity contribution in [2.45, 2.75) is 0 Å². The molecule has 0 spiro atoms. The van der Waals surface area contributed by atoms with Crippen molar-refractivity contribution in [2.75, 3.05) is 38.5 Å². The summed E-state index contributed by atoms with van der Waals surface area (Å²) in [6.45, 7) is 2.75. The number of carbonyl (C=O) groups excluding carboxylic acids is 2. The summed E-state index contributed by atoms with van der Waals surface area (Å²) in [4.78, 5) is 29.6. The zero-order valence-corrected chi connectivity index (χ0v) is 15.4. The zero-order valence-electron chi connectivity index (χ0n) is 15.4. The summed E-state index contributed by atoms with van der Waals surface area (Å²) in [6, 6.07) is 12.4.